The minimum Gasteiger partial charge on any atom is -0.303 e. The van der Waals surface area contributed by atoms with Crippen molar-refractivity contribution in [2.24, 2.45) is 11.8 Å². The molecular weight excluding hydrogens is 158 g/mol. The molecule has 0 spiro atoms. The second kappa shape index (κ2) is 4.45. The molecule has 1 heterocycles. The fourth-order valence-electron chi connectivity index (χ4n) is 2.43. The summed E-state index contributed by atoms with van der Waals surface area (Å²) in [6.45, 7) is 6.52. The Bertz CT molecular complexity index is 143. The number of rotatable bonds is 3. The van der Waals surface area contributed by atoms with Crippen molar-refractivity contribution in [3.8, 4) is 0 Å². The molecule has 13 heavy (non-hydrogen) atoms. The standard InChI is InChI=1S/C12H23N/c1-11-5-8-13(9-6-11)10-7-12-3-2-4-12/h11-12H,2-10H2,1H3. The maximum Gasteiger partial charge on any atom is -0.00161 e. The first-order chi connectivity index (χ1) is 6.34. The molecule has 0 unspecified atom stereocenters. The SMILES string of the molecule is CC1CCN(CCC2CCC2)CC1. The van der Waals surface area contributed by atoms with Crippen molar-refractivity contribution < 1.29 is 0 Å². The van der Waals surface area contributed by atoms with E-state index in [1.807, 2.05) is 0 Å². The maximum atomic E-state index is 2.68. The van der Waals surface area contributed by atoms with Gasteiger partial charge in [0.1, 0.15) is 0 Å². The number of piperidine rings is 1. The van der Waals surface area contributed by atoms with Gasteiger partial charge < -0.3 is 4.90 Å². The van der Waals surface area contributed by atoms with E-state index >= 15 is 0 Å². The van der Waals surface area contributed by atoms with E-state index in [1.54, 1.807) is 0 Å². The summed E-state index contributed by atoms with van der Waals surface area (Å²) in [7, 11) is 0. The lowest BCUT2D eigenvalue weighted by Crippen LogP contribution is -2.34. The first kappa shape index (κ1) is 9.51. The summed E-state index contributed by atoms with van der Waals surface area (Å²) >= 11 is 0. The zero-order valence-corrected chi connectivity index (χ0v) is 8.97. The van der Waals surface area contributed by atoms with Crippen molar-refractivity contribution >= 4 is 0 Å². The zero-order chi connectivity index (χ0) is 9.10. The van der Waals surface area contributed by atoms with Gasteiger partial charge in [-0.05, 0) is 50.7 Å². The number of hydrogen-bond acceptors (Lipinski definition) is 1. The van der Waals surface area contributed by atoms with Gasteiger partial charge in [-0.2, -0.15) is 0 Å². The molecule has 1 aliphatic heterocycles. The molecule has 0 atom stereocenters. The van der Waals surface area contributed by atoms with Crippen LogP contribution in [0.4, 0.5) is 0 Å². The van der Waals surface area contributed by atoms with Gasteiger partial charge >= 0.3 is 0 Å². The first-order valence-electron chi connectivity index (χ1n) is 6.07. The van der Waals surface area contributed by atoms with Crippen LogP contribution in [-0.4, -0.2) is 24.5 Å². The van der Waals surface area contributed by atoms with Crippen molar-refractivity contribution in [2.75, 3.05) is 19.6 Å². The van der Waals surface area contributed by atoms with Crippen LogP contribution in [0.1, 0.15) is 45.4 Å². The maximum absolute atomic E-state index is 2.68. The van der Waals surface area contributed by atoms with Crippen LogP contribution < -0.4 is 0 Å². The average molecular weight is 181 g/mol. The minimum absolute atomic E-state index is 0.986. The molecule has 1 aliphatic carbocycles. The Morgan fingerprint density at radius 1 is 1.08 bits per heavy atom. The highest BCUT2D eigenvalue weighted by Crippen LogP contribution is 2.29. The van der Waals surface area contributed by atoms with Crippen molar-refractivity contribution in [1.29, 1.82) is 0 Å². The topological polar surface area (TPSA) is 3.24 Å². The van der Waals surface area contributed by atoms with E-state index in [2.05, 4.69) is 11.8 Å². The van der Waals surface area contributed by atoms with Gasteiger partial charge in [-0.3, -0.25) is 0 Å². The van der Waals surface area contributed by atoms with Gasteiger partial charge in [0.2, 0.25) is 0 Å². The first-order valence-corrected chi connectivity index (χ1v) is 6.07. The van der Waals surface area contributed by atoms with E-state index < -0.39 is 0 Å². The largest absolute Gasteiger partial charge is 0.303 e. The van der Waals surface area contributed by atoms with Crippen molar-refractivity contribution in [2.45, 2.75) is 45.4 Å². The Morgan fingerprint density at radius 3 is 2.31 bits per heavy atom. The molecule has 0 aromatic heterocycles. The fourth-order valence-corrected chi connectivity index (χ4v) is 2.43. The third kappa shape index (κ3) is 2.70. The molecule has 0 amide bonds. The summed E-state index contributed by atoms with van der Waals surface area (Å²) in [6.07, 6.45) is 8.89. The normalized spacial score (nSPS) is 27.5. The summed E-state index contributed by atoms with van der Waals surface area (Å²) < 4.78 is 0. The third-order valence-corrected chi connectivity index (χ3v) is 3.95. The second-order valence-electron chi connectivity index (χ2n) is 5.11. The van der Waals surface area contributed by atoms with Crippen LogP contribution in [0.15, 0.2) is 0 Å². The number of nitrogens with zero attached hydrogens (tertiary/aromatic N) is 1. The van der Waals surface area contributed by atoms with Crippen molar-refractivity contribution in [3.05, 3.63) is 0 Å². The van der Waals surface area contributed by atoms with E-state index in [0.29, 0.717) is 0 Å². The third-order valence-electron chi connectivity index (χ3n) is 3.95. The van der Waals surface area contributed by atoms with E-state index in [0.717, 1.165) is 11.8 Å². The van der Waals surface area contributed by atoms with Gasteiger partial charge in [0.05, 0.1) is 0 Å². The minimum atomic E-state index is 0.986. The highest BCUT2D eigenvalue weighted by molar-refractivity contribution is 4.74. The highest BCUT2D eigenvalue weighted by Gasteiger charge is 2.20. The molecule has 76 valence electrons. The molecule has 0 N–H and O–H groups in total. The Labute approximate surface area is 82.5 Å². The molecule has 2 rings (SSSR count). The molecule has 1 saturated carbocycles. The zero-order valence-electron chi connectivity index (χ0n) is 8.97. The summed E-state index contributed by atoms with van der Waals surface area (Å²) in [5.74, 6) is 2.08. The molecule has 1 nitrogen and oxygen atoms in total. The molecule has 2 fully saturated rings. The lowest BCUT2D eigenvalue weighted by molar-refractivity contribution is 0.165. The lowest BCUT2D eigenvalue weighted by Gasteiger charge is -2.33. The summed E-state index contributed by atoms with van der Waals surface area (Å²) in [5, 5.41) is 0. The fraction of sp³-hybridized carbons (Fsp3) is 1.00. The summed E-state index contributed by atoms with van der Waals surface area (Å²) in [6, 6.07) is 0. The monoisotopic (exact) mass is 181 g/mol. The van der Waals surface area contributed by atoms with Gasteiger partial charge in [0, 0.05) is 0 Å². The van der Waals surface area contributed by atoms with Gasteiger partial charge in [0.15, 0.2) is 0 Å². The van der Waals surface area contributed by atoms with Crippen LogP contribution in [0, 0.1) is 11.8 Å². The Balaban J connectivity index is 1.59. The summed E-state index contributed by atoms with van der Waals surface area (Å²) in [4.78, 5) is 2.68. The second-order valence-corrected chi connectivity index (χ2v) is 5.11. The Morgan fingerprint density at radius 2 is 1.77 bits per heavy atom. The van der Waals surface area contributed by atoms with Crippen molar-refractivity contribution in [1.82, 2.24) is 4.90 Å². The van der Waals surface area contributed by atoms with Crippen LogP contribution in [0.25, 0.3) is 0 Å². The van der Waals surface area contributed by atoms with Crippen molar-refractivity contribution in [3.63, 3.8) is 0 Å². The molecule has 0 bridgehead atoms. The van der Waals surface area contributed by atoms with E-state index in [9.17, 15) is 0 Å². The smallest absolute Gasteiger partial charge is 0.00161 e. The van der Waals surface area contributed by atoms with E-state index in [4.69, 9.17) is 0 Å². The lowest BCUT2D eigenvalue weighted by atomic mass is 9.83. The molecule has 0 aromatic carbocycles. The predicted molar refractivity (Wildman–Crippen MR) is 56.8 cm³/mol. The molecule has 2 aliphatic rings. The van der Waals surface area contributed by atoms with Crippen LogP contribution in [0.2, 0.25) is 0 Å². The van der Waals surface area contributed by atoms with Crippen LogP contribution in [-0.2, 0) is 0 Å². The number of hydrogen-bond donors (Lipinski definition) is 0. The van der Waals surface area contributed by atoms with E-state index in [1.165, 1.54) is 58.2 Å². The highest BCUT2D eigenvalue weighted by atomic mass is 15.1. The number of likely N-dealkylation sites (tertiary alicyclic amines) is 1. The van der Waals surface area contributed by atoms with Gasteiger partial charge in [-0.1, -0.05) is 26.2 Å². The van der Waals surface area contributed by atoms with E-state index in [-0.39, 0.29) is 0 Å². The van der Waals surface area contributed by atoms with Gasteiger partial charge in [0.25, 0.3) is 0 Å². The van der Waals surface area contributed by atoms with Crippen LogP contribution >= 0.6 is 0 Å². The Kier molecular flexibility index (Phi) is 3.26. The molecule has 1 saturated heterocycles. The molecule has 0 aromatic rings. The predicted octanol–water partition coefficient (Wildman–Crippen LogP) is 2.91. The average Bonchev–Trinajstić information content (AvgIpc) is 2.05. The van der Waals surface area contributed by atoms with Gasteiger partial charge in [-0.25, -0.2) is 0 Å². The van der Waals surface area contributed by atoms with Crippen LogP contribution in [0.3, 0.4) is 0 Å². The molecule has 0 radical (unpaired) electrons. The summed E-state index contributed by atoms with van der Waals surface area (Å²) in [5.41, 5.74) is 0. The quantitative estimate of drug-likeness (QED) is 0.647. The van der Waals surface area contributed by atoms with Crippen LogP contribution in [0.5, 0.6) is 0 Å². The van der Waals surface area contributed by atoms with Gasteiger partial charge in [-0.15, -0.1) is 0 Å². The molecule has 1 heteroatoms. The Hall–Kier alpha value is -0.0400. The molecular formula is C12H23N.